The molecule has 0 rings (SSSR count). The van der Waals surface area contributed by atoms with E-state index in [-0.39, 0.29) is 0 Å². The van der Waals surface area contributed by atoms with Crippen molar-refractivity contribution in [2.75, 3.05) is 13.2 Å². The highest BCUT2D eigenvalue weighted by Gasteiger charge is 2.34. The van der Waals surface area contributed by atoms with Gasteiger partial charge >= 0.3 is 14.5 Å². The van der Waals surface area contributed by atoms with Gasteiger partial charge in [-0.05, 0) is 33.2 Å². The number of rotatable bonds is 9. The minimum absolute atomic E-state index is 0.355. The second kappa shape index (κ2) is 8.44. The van der Waals surface area contributed by atoms with Crippen molar-refractivity contribution in [3.63, 3.8) is 0 Å². The number of carboxylic acid groups (broad SMARTS) is 1. The first-order valence-corrected chi connectivity index (χ1v) is 8.13. The first kappa shape index (κ1) is 16.3. The highest BCUT2D eigenvalue weighted by atomic mass is 28.4. The van der Waals surface area contributed by atoms with Gasteiger partial charge in [0.15, 0.2) is 0 Å². The Morgan fingerprint density at radius 1 is 1.24 bits per heavy atom. The third kappa shape index (κ3) is 6.00. The lowest BCUT2D eigenvalue weighted by Gasteiger charge is -2.28. The second-order valence-corrected chi connectivity index (χ2v) is 6.98. The Kier molecular flexibility index (Phi) is 8.12. The van der Waals surface area contributed by atoms with E-state index in [9.17, 15) is 4.79 Å². The average molecular weight is 259 g/mol. The maximum Gasteiger partial charge on any atom is 0.341 e. The predicted octanol–water partition coefficient (Wildman–Crippen LogP) is 2.69. The molecule has 0 atom stereocenters. The minimum atomic E-state index is -2.23. The van der Waals surface area contributed by atoms with E-state index in [2.05, 4.69) is 0 Å². The highest BCUT2D eigenvalue weighted by molar-refractivity contribution is 6.71. The summed E-state index contributed by atoms with van der Waals surface area (Å²) in [5.74, 6) is -0.880. The van der Waals surface area contributed by atoms with Gasteiger partial charge in [-0.25, -0.2) is 4.79 Å². The fourth-order valence-corrected chi connectivity index (χ4v) is 3.97. The number of hydrogen-bond donors (Lipinski definition) is 1. The summed E-state index contributed by atoms with van der Waals surface area (Å²) in [5, 5.41) is 8.74. The number of aliphatic carboxylic acids is 1. The topological polar surface area (TPSA) is 55.8 Å². The molecule has 4 nitrogen and oxygen atoms in total. The first-order valence-electron chi connectivity index (χ1n) is 6.03. The molecule has 0 aliphatic rings. The predicted molar refractivity (Wildman–Crippen MR) is 69.8 cm³/mol. The van der Waals surface area contributed by atoms with Gasteiger partial charge in [0.05, 0.1) is 0 Å². The average Bonchev–Trinajstić information content (AvgIpc) is 2.29. The molecule has 0 aromatic heterocycles. The standard InChI is InChI=1S/C12H23O4Si/c1-5-15-17(7-3,16-6-2)10-8-9-11(4)12(13)14/h9-10H,5-8H2,1-4H3,(H,13,14). The molecule has 0 aromatic rings. The normalized spacial score (nSPS) is 12.8. The monoisotopic (exact) mass is 259 g/mol. The Balaban J connectivity index is 4.43. The van der Waals surface area contributed by atoms with Crippen LogP contribution in [0.2, 0.25) is 6.04 Å². The molecule has 0 saturated heterocycles. The summed E-state index contributed by atoms with van der Waals surface area (Å²) in [6.07, 6.45) is 2.27. The minimum Gasteiger partial charge on any atom is -0.478 e. The van der Waals surface area contributed by atoms with Crippen molar-refractivity contribution in [3.8, 4) is 0 Å². The molecule has 0 amide bonds. The van der Waals surface area contributed by atoms with Crippen molar-refractivity contribution < 1.29 is 18.8 Å². The van der Waals surface area contributed by atoms with Gasteiger partial charge in [-0.1, -0.05) is 13.0 Å². The van der Waals surface area contributed by atoms with E-state index in [4.69, 9.17) is 14.0 Å². The molecule has 5 heteroatoms. The quantitative estimate of drug-likeness (QED) is 0.511. The largest absolute Gasteiger partial charge is 0.478 e. The molecular formula is C12H23O4Si. The van der Waals surface area contributed by atoms with Crippen LogP contribution in [0.3, 0.4) is 0 Å². The van der Waals surface area contributed by atoms with E-state index >= 15 is 0 Å². The molecule has 0 spiro atoms. The Labute approximate surface area is 105 Å². The van der Waals surface area contributed by atoms with Crippen LogP contribution in [0.4, 0.5) is 0 Å². The molecular weight excluding hydrogens is 236 g/mol. The summed E-state index contributed by atoms with van der Waals surface area (Å²) in [6.45, 7) is 8.77. The van der Waals surface area contributed by atoms with Gasteiger partial charge in [0.2, 0.25) is 0 Å². The summed E-state index contributed by atoms with van der Waals surface area (Å²) in [5.41, 5.74) is 0.355. The van der Waals surface area contributed by atoms with Gasteiger partial charge in [-0.15, -0.1) is 0 Å². The van der Waals surface area contributed by atoms with E-state index in [1.54, 1.807) is 13.0 Å². The molecule has 0 heterocycles. The molecule has 17 heavy (non-hydrogen) atoms. The number of allylic oxidation sites excluding steroid dienone is 1. The molecule has 1 radical (unpaired) electrons. The second-order valence-electron chi connectivity index (χ2n) is 3.66. The Morgan fingerprint density at radius 3 is 2.12 bits per heavy atom. The lowest BCUT2D eigenvalue weighted by Crippen LogP contribution is -2.42. The van der Waals surface area contributed by atoms with Crippen LogP contribution in [0.25, 0.3) is 0 Å². The molecule has 0 aliphatic carbocycles. The zero-order valence-electron chi connectivity index (χ0n) is 11.2. The number of carboxylic acids is 1. The van der Waals surface area contributed by atoms with Crippen molar-refractivity contribution in [1.82, 2.24) is 0 Å². The number of hydrogen-bond acceptors (Lipinski definition) is 3. The van der Waals surface area contributed by atoms with Gasteiger partial charge < -0.3 is 14.0 Å². The third-order valence-electron chi connectivity index (χ3n) is 2.46. The fraction of sp³-hybridized carbons (Fsp3) is 0.667. The maximum absolute atomic E-state index is 10.6. The summed E-state index contributed by atoms with van der Waals surface area (Å²) in [6, 6.07) is 2.86. The van der Waals surface area contributed by atoms with Crippen molar-refractivity contribution in [2.45, 2.75) is 40.2 Å². The van der Waals surface area contributed by atoms with Crippen LogP contribution in [0.1, 0.15) is 34.1 Å². The zero-order valence-corrected chi connectivity index (χ0v) is 12.2. The first-order chi connectivity index (χ1) is 8.01. The lowest BCUT2D eigenvalue weighted by atomic mass is 10.2. The Bertz CT molecular complexity index is 257. The van der Waals surface area contributed by atoms with Crippen molar-refractivity contribution >= 4 is 14.5 Å². The third-order valence-corrected chi connectivity index (χ3v) is 5.86. The summed E-state index contributed by atoms with van der Waals surface area (Å²) >= 11 is 0. The maximum atomic E-state index is 10.6. The van der Waals surface area contributed by atoms with Crippen LogP contribution in [-0.2, 0) is 13.6 Å². The lowest BCUT2D eigenvalue weighted by molar-refractivity contribution is -0.132. The molecule has 0 saturated carbocycles. The van der Waals surface area contributed by atoms with Crippen molar-refractivity contribution in [3.05, 3.63) is 17.7 Å². The van der Waals surface area contributed by atoms with Gasteiger partial charge in [-0.3, -0.25) is 0 Å². The van der Waals surface area contributed by atoms with E-state index in [0.717, 1.165) is 6.04 Å². The molecule has 0 aromatic carbocycles. The smallest absolute Gasteiger partial charge is 0.341 e. The molecule has 0 bridgehead atoms. The van der Waals surface area contributed by atoms with E-state index in [1.165, 1.54) is 0 Å². The van der Waals surface area contributed by atoms with Crippen molar-refractivity contribution in [1.29, 1.82) is 0 Å². The SMILES string of the molecule is CCO[Si]([CH]CC=C(C)C(=O)O)(CC)OCC. The van der Waals surface area contributed by atoms with Gasteiger partial charge in [0.25, 0.3) is 0 Å². The Morgan fingerprint density at radius 2 is 1.76 bits per heavy atom. The van der Waals surface area contributed by atoms with Crippen LogP contribution in [0.5, 0.6) is 0 Å². The summed E-state index contributed by atoms with van der Waals surface area (Å²) in [4.78, 5) is 10.6. The summed E-state index contributed by atoms with van der Waals surface area (Å²) < 4.78 is 11.5. The fourth-order valence-electron chi connectivity index (χ4n) is 1.50. The van der Waals surface area contributed by atoms with E-state index in [0.29, 0.717) is 25.2 Å². The van der Waals surface area contributed by atoms with Crippen LogP contribution in [0, 0.1) is 6.04 Å². The van der Waals surface area contributed by atoms with Crippen molar-refractivity contribution in [2.24, 2.45) is 0 Å². The van der Waals surface area contributed by atoms with E-state index in [1.807, 2.05) is 26.8 Å². The van der Waals surface area contributed by atoms with Crippen LogP contribution in [-0.4, -0.2) is 32.9 Å². The number of carbonyl (C=O) groups is 1. The van der Waals surface area contributed by atoms with E-state index < -0.39 is 14.5 Å². The van der Waals surface area contributed by atoms with Gasteiger partial charge in [-0.2, -0.15) is 0 Å². The van der Waals surface area contributed by atoms with Gasteiger partial charge in [0.1, 0.15) is 0 Å². The highest BCUT2D eigenvalue weighted by Crippen LogP contribution is 2.19. The van der Waals surface area contributed by atoms with Crippen LogP contribution in [0.15, 0.2) is 11.6 Å². The van der Waals surface area contributed by atoms with Crippen LogP contribution < -0.4 is 0 Å². The molecule has 0 fully saturated rings. The van der Waals surface area contributed by atoms with Crippen LogP contribution >= 0.6 is 0 Å². The zero-order chi connectivity index (χ0) is 13.3. The summed E-state index contributed by atoms with van der Waals surface area (Å²) in [7, 11) is -2.23. The van der Waals surface area contributed by atoms with Gasteiger partial charge in [0, 0.05) is 24.8 Å². The molecule has 1 N–H and O–H groups in total. The molecule has 99 valence electrons. The molecule has 0 aliphatic heterocycles. The molecule has 0 unspecified atom stereocenters. The Hall–Kier alpha value is -0.653.